The van der Waals surface area contributed by atoms with Crippen molar-refractivity contribution in [1.29, 1.82) is 0 Å². The number of rotatable bonds is 3. The maximum absolute atomic E-state index is 13.8. The molecule has 3 rings (SSSR count). The molecule has 1 heterocycles. The van der Waals surface area contributed by atoms with Crippen molar-refractivity contribution in [2.24, 2.45) is 0 Å². The third kappa shape index (κ3) is 2.95. The average molecular weight is 348 g/mol. The minimum atomic E-state index is -0.479. The van der Waals surface area contributed by atoms with Gasteiger partial charge in [0.15, 0.2) is 5.82 Å². The summed E-state index contributed by atoms with van der Waals surface area (Å²) in [6.45, 7) is 0. The SMILES string of the molecule is Nc1cccc(F)c1-c1nc(Cc2cccc(Br)c2)no1. The zero-order valence-electron chi connectivity index (χ0n) is 10.9. The summed E-state index contributed by atoms with van der Waals surface area (Å²) in [6, 6.07) is 12.2. The molecule has 0 aliphatic heterocycles. The molecule has 4 nitrogen and oxygen atoms in total. The Kier molecular flexibility index (Phi) is 3.70. The van der Waals surface area contributed by atoms with Gasteiger partial charge in [0.1, 0.15) is 5.82 Å². The summed E-state index contributed by atoms with van der Waals surface area (Å²) in [7, 11) is 0. The van der Waals surface area contributed by atoms with Crippen molar-refractivity contribution in [3.63, 3.8) is 0 Å². The van der Waals surface area contributed by atoms with Gasteiger partial charge in [-0.3, -0.25) is 0 Å². The van der Waals surface area contributed by atoms with Gasteiger partial charge < -0.3 is 10.3 Å². The van der Waals surface area contributed by atoms with E-state index < -0.39 is 5.82 Å². The summed E-state index contributed by atoms with van der Waals surface area (Å²) in [5.41, 5.74) is 7.20. The summed E-state index contributed by atoms with van der Waals surface area (Å²) in [4.78, 5) is 4.21. The van der Waals surface area contributed by atoms with E-state index in [1.165, 1.54) is 12.1 Å². The van der Waals surface area contributed by atoms with Crippen molar-refractivity contribution in [3.8, 4) is 11.5 Å². The highest BCUT2D eigenvalue weighted by atomic mass is 79.9. The summed E-state index contributed by atoms with van der Waals surface area (Å²) >= 11 is 3.41. The van der Waals surface area contributed by atoms with Crippen LogP contribution in [0.15, 0.2) is 51.5 Å². The molecule has 0 aliphatic rings. The number of benzene rings is 2. The highest BCUT2D eigenvalue weighted by Crippen LogP contribution is 2.27. The van der Waals surface area contributed by atoms with E-state index in [4.69, 9.17) is 10.3 Å². The first-order valence-electron chi connectivity index (χ1n) is 6.25. The van der Waals surface area contributed by atoms with E-state index in [9.17, 15) is 4.39 Å². The summed E-state index contributed by atoms with van der Waals surface area (Å²) in [5.74, 6) is 0.0917. The Bertz CT molecular complexity index is 768. The van der Waals surface area contributed by atoms with E-state index in [0.717, 1.165) is 10.0 Å². The highest BCUT2D eigenvalue weighted by Gasteiger charge is 2.16. The van der Waals surface area contributed by atoms with E-state index in [1.54, 1.807) is 6.07 Å². The Hall–Kier alpha value is -2.21. The molecule has 6 heteroatoms. The molecule has 0 unspecified atom stereocenters. The van der Waals surface area contributed by atoms with Crippen LogP contribution in [0.3, 0.4) is 0 Å². The second-order valence-electron chi connectivity index (χ2n) is 4.53. The van der Waals surface area contributed by atoms with Gasteiger partial charge in [-0.25, -0.2) is 4.39 Å². The predicted octanol–water partition coefficient (Wildman–Crippen LogP) is 3.81. The second-order valence-corrected chi connectivity index (χ2v) is 5.44. The lowest BCUT2D eigenvalue weighted by Gasteiger charge is -2.00. The van der Waals surface area contributed by atoms with Gasteiger partial charge in [-0.15, -0.1) is 0 Å². The van der Waals surface area contributed by atoms with Crippen LogP contribution >= 0.6 is 15.9 Å². The van der Waals surface area contributed by atoms with Crippen molar-refractivity contribution < 1.29 is 8.91 Å². The Morgan fingerprint density at radius 3 is 2.76 bits per heavy atom. The van der Waals surface area contributed by atoms with Gasteiger partial charge in [0.2, 0.25) is 0 Å². The van der Waals surface area contributed by atoms with Gasteiger partial charge in [0.25, 0.3) is 5.89 Å². The van der Waals surface area contributed by atoms with Gasteiger partial charge in [0.05, 0.1) is 5.56 Å². The van der Waals surface area contributed by atoms with Gasteiger partial charge in [-0.05, 0) is 29.8 Å². The molecule has 0 aliphatic carbocycles. The number of nitrogens with two attached hydrogens (primary N) is 1. The molecule has 0 amide bonds. The molecule has 2 aromatic carbocycles. The molecule has 1 aromatic heterocycles. The first-order valence-corrected chi connectivity index (χ1v) is 7.04. The van der Waals surface area contributed by atoms with Crippen LogP contribution in [0.25, 0.3) is 11.5 Å². The number of hydrogen-bond donors (Lipinski definition) is 1. The molecule has 3 aromatic rings. The summed E-state index contributed by atoms with van der Waals surface area (Å²) < 4.78 is 19.9. The van der Waals surface area contributed by atoms with Gasteiger partial charge in [0, 0.05) is 16.6 Å². The number of nitrogen functional groups attached to an aromatic ring is 1. The highest BCUT2D eigenvalue weighted by molar-refractivity contribution is 9.10. The standard InChI is InChI=1S/C15H11BrFN3O/c16-10-4-1-3-9(7-10)8-13-19-15(21-20-13)14-11(17)5-2-6-12(14)18/h1-7H,8,18H2. The van der Waals surface area contributed by atoms with Crippen LogP contribution in [0.2, 0.25) is 0 Å². The molecule has 0 spiro atoms. The molecule has 0 radical (unpaired) electrons. The first-order chi connectivity index (χ1) is 10.1. The van der Waals surface area contributed by atoms with Gasteiger partial charge >= 0.3 is 0 Å². The third-order valence-electron chi connectivity index (χ3n) is 2.98. The fourth-order valence-corrected chi connectivity index (χ4v) is 2.47. The van der Waals surface area contributed by atoms with Gasteiger partial charge in [-0.2, -0.15) is 4.98 Å². The largest absolute Gasteiger partial charge is 0.398 e. The maximum atomic E-state index is 13.8. The molecular formula is C15H11BrFN3O. The van der Waals surface area contributed by atoms with Crippen molar-refractivity contribution in [3.05, 3.63) is 64.1 Å². The minimum absolute atomic E-state index is 0.0931. The molecular weight excluding hydrogens is 337 g/mol. The van der Waals surface area contributed by atoms with Crippen molar-refractivity contribution >= 4 is 21.6 Å². The lowest BCUT2D eigenvalue weighted by atomic mass is 10.1. The molecule has 106 valence electrons. The smallest absolute Gasteiger partial charge is 0.263 e. The fourth-order valence-electron chi connectivity index (χ4n) is 2.02. The third-order valence-corrected chi connectivity index (χ3v) is 3.47. The molecule has 0 bridgehead atoms. The predicted molar refractivity (Wildman–Crippen MR) is 81.1 cm³/mol. The number of nitrogens with zero attached hydrogens (tertiary/aromatic N) is 2. The van der Waals surface area contributed by atoms with Crippen LogP contribution in [0.5, 0.6) is 0 Å². The fraction of sp³-hybridized carbons (Fsp3) is 0.0667. The van der Waals surface area contributed by atoms with Gasteiger partial charge in [-0.1, -0.05) is 39.3 Å². The Morgan fingerprint density at radius 2 is 2.00 bits per heavy atom. The van der Waals surface area contributed by atoms with Crippen molar-refractivity contribution in [2.75, 3.05) is 5.73 Å². The Balaban J connectivity index is 1.90. The van der Waals surface area contributed by atoms with Crippen molar-refractivity contribution in [1.82, 2.24) is 10.1 Å². The monoisotopic (exact) mass is 347 g/mol. The van der Waals surface area contributed by atoms with Crippen LogP contribution in [0, 0.1) is 5.82 Å². The lowest BCUT2D eigenvalue weighted by molar-refractivity contribution is 0.422. The molecule has 2 N–H and O–H groups in total. The molecule has 0 atom stereocenters. The minimum Gasteiger partial charge on any atom is -0.398 e. The van der Waals surface area contributed by atoms with E-state index in [0.29, 0.717) is 12.2 Å². The number of halogens is 2. The van der Waals surface area contributed by atoms with Crippen LogP contribution in [0.1, 0.15) is 11.4 Å². The number of anilines is 1. The van der Waals surface area contributed by atoms with E-state index in [-0.39, 0.29) is 17.1 Å². The van der Waals surface area contributed by atoms with E-state index >= 15 is 0 Å². The van der Waals surface area contributed by atoms with Crippen molar-refractivity contribution in [2.45, 2.75) is 6.42 Å². The topological polar surface area (TPSA) is 64.9 Å². The normalized spacial score (nSPS) is 10.8. The summed E-state index contributed by atoms with van der Waals surface area (Å²) in [6.07, 6.45) is 0.497. The quantitative estimate of drug-likeness (QED) is 0.731. The van der Waals surface area contributed by atoms with Crippen LogP contribution < -0.4 is 5.73 Å². The molecule has 21 heavy (non-hydrogen) atoms. The summed E-state index contributed by atoms with van der Waals surface area (Å²) in [5, 5.41) is 3.88. The van der Waals surface area contributed by atoms with Crippen LogP contribution in [0.4, 0.5) is 10.1 Å². The Morgan fingerprint density at radius 1 is 1.19 bits per heavy atom. The Labute approximate surface area is 128 Å². The number of aromatic nitrogens is 2. The molecule has 0 saturated heterocycles. The average Bonchev–Trinajstić information content (AvgIpc) is 2.87. The zero-order valence-corrected chi connectivity index (χ0v) is 12.5. The first kappa shape index (κ1) is 13.8. The maximum Gasteiger partial charge on any atom is 0.263 e. The van der Waals surface area contributed by atoms with Crippen LogP contribution in [-0.2, 0) is 6.42 Å². The second kappa shape index (κ2) is 5.65. The molecule has 0 fully saturated rings. The van der Waals surface area contributed by atoms with Crippen LogP contribution in [-0.4, -0.2) is 10.1 Å². The van der Waals surface area contributed by atoms with E-state index in [2.05, 4.69) is 26.1 Å². The molecule has 0 saturated carbocycles. The number of hydrogen-bond acceptors (Lipinski definition) is 4. The lowest BCUT2D eigenvalue weighted by Crippen LogP contribution is -1.94. The zero-order chi connectivity index (χ0) is 14.8. The van der Waals surface area contributed by atoms with E-state index in [1.807, 2.05) is 24.3 Å².